The molecule has 0 bridgehead atoms. The van der Waals surface area contributed by atoms with Crippen molar-refractivity contribution < 1.29 is 5.11 Å². The first kappa shape index (κ1) is 12.6. The van der Waals surface area contributed by atoms with Gasteiger partial charge in [-0.15, -0.1) is 0 Å². The van der Waals surface area contributed by atoms with Gasteiger partial charge >= 0.3 is 0 Å². The number of aliphatic hydroxyl groups excluding tert-OH is 1. The van der Waals surface area contributed by atoms with Crippen LogP contribution in [0, 0.1) is 0 Å². The van der Waals surface area contributed by atoms with Crippen molar-refractivity contribution in [3.05, 3.63) is 59.9 Å². The Hall–Kier alpha value is -1.87. The lowest BCUT2D eigenvalue weighted by Gasteiger charge is -2.19. The SMILES string of the molecule is C[C@@H](O)c1ccc(N(C)Cc2ccccn2)cc1. The van der Waals surface area contributed by atoms with Gasteiger partial charge in [0.15, 0.2) is 0 Å². The van der Waals surface area contributed by atoms with E-state index in [1.165, 1.54) is 0 Å². The van der Waals surface area contributed by atoms with Crippen molar-refractivity contribution in [2.75, 3.05) is 11.9 Å². The average molecular weight is 242 g/mol. The molecule has 1 heterocycles. The number of pyridine rings is 1. The summed E-state index contributed by atoms with van der Waals surface area (Å²) in [6.45, 7) is 2.54. The molecule has 0 fully saturated rings. The number of nitrogens with zero attached hydrogens (tertiary/aromatic N) is 2. The summed E-state index contributed by atoms with van der Waals surface area (Å²) in [4.78, 5) is 6.44. The molecule has 0 aliphatic carbocycles. The average Bonchev–Trinajstić information content (AvgIpc) is 2.40. The molecule has 3 heteroatoms. The molecule has 0 unspecified atom stereocenters. The summed E-state index contributed by atoms with van der Waals surface area (Å²) in [7, 11) is 2.03. The summed E-state index contributed by atoms with van der Waals surface area (Å²) in [6, 6.07) is 13.9. The molecule has 1 aromatic carbocycles. The Morgan fingerprint density at radius 2 is 1.89 bits per heavy atom. The van der Waals surface area contributed by atoms with Crippen molar-refractivity contribution >= 4 is 5.69 Å². The number of hydrogen-bond donors (Lipinski definition) is 1. The largest absolute Gasteiger partial charge is 0.389 e. The predicted octanol–water partition coefficient (Wildman–Crippen LogP) is 2.77. The van der Waals surface area contributed by atoms with Crippen LogP contribution < -0.4 is 4.90 Å². The number of anilines is 1. The zero-order chi connectivity index (χ0) is 13.0. The lowest BCUT2D eigenvalue weighted by Crippen LogP contribution is -2.17. The first-order valence-corrected chi connectivity index (χ1v) is 6.06. The number of hydrogen-bond acceptors (Lipinski definition) is 3. The van der Waals surface area contributed by atoms with Gasteiger partial charge in [-0.1, -0.05) is 18.2 Å². The zero-order valence-electron chi connectivity index (χ0n) is 10.7. The number of rotatable bonds is 4. The molecule has 0 saturated heterocycles. The number of benzene rings is 1. The smallest absolute Gasteiger partial charge is 0.0761 e. The molecular formula is C15H18N2O. The number of aliphatic hydroxyl groups is 1. The van der Waals surface area contributed by atoms with E-state index in [0.717, 1.165) is 23.5 Å². The van der Waals surface area contributed by atoms with Crippen molar-refractivity contribution in [1.82, 2.24) is 4.98 Å². The standard InChI is InChI=1S/C15H18N2O/c1-12(18)13-6-8-15(9-7-13)17(2)11-14-5-3-4-10-16-14/h3-10,12,18H,11H2,1-2H3/t12-/m1/s1. The Morgan fingerprint density at radius 3 is 2.44 bits per heavy atom. The first-order valence-electron chi connectivity index (χ1n) is 6.06. The molecule has 1 atom stereocenters. The Morgan fingerprint density at radius 1 is 1.17 bits per heavy atom. The summed E-state index contributed by atoms with van der Waals surface area (Å²) >= 11 is 0. The Bertz CT molecular complexity index is 480. The summed E-state index contributed by atoms with van der Waals surface area (Å²) in [5, 5.41) is 9.46. The first-order chi connectivity index (χ1) is 8.66. The maximum absolute atomic E-state index is 9.46. The molecule has 0 amide bonds. The third-order valence-corrected chi connectivity index (χ3v) is 2.94. The second kappa shape index (κ2) is 5.65. The van der Waals surface area contributed by atoms with Gasteiger partial charge in [-0.05, 0) is 36.8 Å². The van der Waals surface area contributed by atoms with Gasteiger partial charge in [0, 0.05) is 18.9 Å². The van der Waals surface area contributed by atoms with E-state index in [4.69, 9.17) is 0 Å². The normalized spacial score (nSPS) is 12.2. The summed E-state index contributed by atoms with van der Waals surface area (Å²) in [5.41, 5.74) is 3.09. The minimum absolute atomic E-state index is 0.417. The molecule has 3 nitrogen and oxygen atoms in total. The van der Waals surface area contributed by atoms with Gasteiger partial charge in [0.2, 0.25) is 0 Å². The van der Waals surface area contributed by atoms with E-state index in [2.05, 4.69) is 9.88 Å². The summed E-state index contributed by atoms with van der Waals surface area (Å²) in [5.74, 6) is 0. The summed E-state index contributed by atoms with van der Waals surface area (Å²) < 4.78 is 0. The molecule has 0 aliphatic heterocycles. The van der Waals surface area contributed by atoms with E-state index in [0.29, 0.717) is 0 Å². The van der Waals surface area contributed by atoms with Crippen LogP contribution in [0.5, 0.6) is 0 Å². The topological polar surface area (TPSA) is 36.4 Å². The minimum Gasteiger partial charge on any atom is -0.389 e. The predicted molar refractivity (Wildman–Crippen MR) is 73.4 cm³/mol. The molecule has 1 N–H and O–H groups in total. The third kappa shape index (κ3) is 3.08. The van der Waals surface area contributed by atoms with Crippen LogP contribution in [-0.4, -0.2) is 17.1 Å². The van der Waals surface area contributed by atoms with Gasteiger partial charge in [-0.2, -0.15) is 0 Å². The molecular weight excluding hydrogens is 224 g/mol. The van der Waals surface area contributed by atoms with E-state index in [1.807, 2.05) is 49.5 Å². The maximum Gasteiger partial charge on any atom is 0.0761 e. The van der Waals surface area contributed by atoms with Crippen LogP contribution in [0.4, 0.5) is 5.69 Å². The van der Waals surface area contributed by atoms with Crippen molar-refractivity contribution in [2.45, 2.75) is 19.6 Å². The van der Waals surface area contributed by atoms with Crippen molar-refractivity contribution in [3.63, 3.8) is 0 Å². The van der Waals surface area contributed by atoms with E-state index < -0.39 is 6.10 Å². The van der Waals surface area contributed by atoms with Crippen LogP contribution in [-0.2, 0) is 6.54 Å². The second-order valence-corrected chi connectivity index (χ2v) is 4.44. The van der Waals surface area contributed by atoms with Gasteiger partial charge in [0.25, 0.3) is 0 Å². The van der Waals surface area contributed by atoms with Gasteiger partial charge in [0.05, 0.1) is 18.3 Å². The Labute approximate surface area is 108 Å². The minimum atomic E-state index is -0.417. The zero-order valence-corrected chi connectivity index (χ0v) is 10.7. The highest BCUT2D eigenvalue weighted by molar-refractivity contribution is 5.47. The molecule has 1 aromatic heterocycles. The van der Waals surface area contributed by atoms with Gasteiger partial charge in [-0.25, -0.2) is 0 Å². The lowest BCUT2D eigenvalue weighted by molar-refractivity contribution is 0.199. The van der Waals surface area contributed by atoms with Crippen molar-refractivity contribution in [1.29, 1.82) is 0 Å². The van der Waals surface area contributed by atoms with Crippen LogP contribution in [0.15, 0.2) is 48.7 Å². The fraction of sp³-hybridized carbons (Fsp3) is 0.267. The monoisotopic (exact) mass is 242 g/mol. The highest BCUT2D eigenvalue weighted by Crippen LogP contribution is 2.19. The highest BCUT2D eigenvalue weighted by Gasteiger charge is 2.04. The van der Waals surface area contributed by atoms with Gasteiger partial charge in [-0.3, -0.25) is 4.98 Å². The van der Waals surface area contributed by atoms with E-state index >= 15 is 0 Å². The Balaban J connectivity index is 2.07. The fourth-order valence-electron chi connectivity index (χ4n) is 1.83. The third-order valence-electron chi connectivity index (χ3n) is 2.94. The highest BCUT2D eigenvalue weighted by atomic mass is 16.3. The maximum atomic E-state index is 9.46. The van der Waals surface area contributed by atoms with Crippen LogP contribution in [0.3, 0.4) is 0 Å². The van der Waals surface area contributed by atoms with Crippen molar-refractivity contribution in [2.24, 2.45) is 0 Å². The van der Waals surface area contributed by atoms with Crippen LogP contribution >= 0.6 is 0 Å². The molecule has 2 rings (SSSR count). The molecule has 0 spiro atoms. The number of aromatic nitrogens is 1. The van der Waals surface area contributed by atoms with Crippen LogP contribution in [0.25, 0.3) is 0 Å². The van der Waals surface area contributed by atoms with Gasteiger partial charge in [0.1, 0.15) is 0 Å². The van der Waals surface area contributed by atoms with E-state index in [-0.39, 0.29) is 0 Å². The van der Waals surface area contributed by atoms with Crippen LogP contribution in [0.1, 0.15) is 24.3 Å². The molecule has 0 radical (unpaired) electrons. The molecule has 2 aromatic rings. The Kier molecular flexibility index (Phi) is 3.95. The van der Waals surface area contributed by atoms with Crippen molar-refractivity contribution in [3.8, 4) is 0 Å². The van der Waals surface area contributed by atoms with Crippen LogP contribution in [0.2, 0.25) is 0 Å². The molecule has 94 valence electrons. The van der Waals surface area contributed by atoms with Gasteiger partial charge < -0.3 is 10.0 Å². The fourth-order valence-corrected chi connectivity index (χ4v) is 1.83. The summed E-state index contributed by atoms with van der Waals surface area (Å²) in [6.07, 6.45) is 1.39. The van der Waals surface area contributed by atoms with E-state index in [1.54, 1.807) is 13.1 Å². The molecule has 18 heavy (non-hydrogen) atoms. The molecule has 0 aliphatic rings. The lowest BCUT2D eigenvalue weighted by atomic mass is 10.1. The molecule has 0 saturated carbocycles. The second-order valence-electron chi connectivity index (χ2n) is 4.44. The van der Waals surface area contributed by atoms with E-state index in [9.17, 15) is 5.11 Å². The quantitative estimate of drug-likeness (QED) is 0.895.